The first-order valence-electron chi connectivity index (χ1n) is 11.6. The summed E-state index contributed by atoms with van der Waals surface area (Å²) in [5.74, 6) is -2.01. The van der Waals surface area contributed by atoms with Crippen LogP contribution in [-0.4, -0.2) is 15.6 Å². The van der Waals surface area contributed by atoms with Gasteiger partial charge >= 0.3 is 5.97 Å². The van der Waals surface area contributed by atoms with E-state index in [1.807, 2.05) is 19.1 Å². The Labute approximate surface area is 229 Å². The van der Waals surface area contributed by atoms with E-state index >= 15 is 4.39 Å². The van der Waals surface area contributed by atoms with Crippen LogP contribution in [0.3, 0.4) is 0 Å². The monoisotopic (exact) mass is 551 g/mol. The molecule has 3 aromatic carbocycles. The summed E-state index contributed by atoms with van der Waals surface area (Å²) in [4.78, 5) is 23.2. The minimum Gasteiger partial charge on any atom is -0.478 e. The zero-order chi connectivity index (χ0) is 27.6. The standard InChI is InChI=1S/C30H24Cl2FNO4/c1-17(20-5-11-29(35)34(3)16-20)13-24(23-8-6-21(31)12-18(23)2)19-4-10-28(27(33)14-19)38-22-7-9-26(32)25(15-22)30(36)37/h4-12,14-16,24H,1,13H2,2-3H3,(H,36,37). The van der Waals surface area contributed by atoms with Gasteiger partial charge in [-0.25, -0.2) is 9.18 Å². The van der Waals surface area contributed by atoms with Crippen molar-refractivity contribution in [3.05, 3.63) is 134 Å². The number of rotatable bonds is 8. The van der Waals surface area contributed by atoms with Crippen LogP contribution in [-0.2, 0) is 7.05 Å². The highest BCUT2D eigenvalue weighted by atomic mass is 35.5. The lowest BCUT2D eigenvalue weighted by Crippen LogP contribution is -2.15. The molecule has 1 N–H and O–H groups in total. The number of hydrogen-bond donors (Lipinski definition) is 1. The van der Waals surface area contributed by atoms with E-state index < -0.39 is 11.8 Å². The molecule has 5 nitrogen and oxygen atoms in total. The van der Waals surface area contributed by atoms with Crippen LogP contribution in [0.25, 0.3) is 5.57 Å². The highest BCUT2D eigenvalue weighted by Gasteiger charge is 2.21. The average Bonchev–Trinajstić information content (AvgIpc) is 2.86. The molecule has 0 radical (unpaired) electrons. The Morgan fingerprint density at radius 1 is 1.08 bits per heavy atom. The molecule has 0 aliphatic rings. The van der Waals surface area contributed by atoms with Crippen LogP contribution in [0.5, 0.6) is 11.5 Å². The van der Waals surface area contributed by atoms with E-state index in [9.17, 15) is 14.7 Å². The molecule has 0 amide bonds. The fourth-order valence-electron chi connectivity index (χ4n) is 4.28. The first-order chi connectivity index (χ1) is 18.0. The fraction of sp³-hybridized carbons (Fsp3) is 0.133. The largest absolute Gasteiger partial charge is 0.478 e. The van der Waals surface area contributed by atoms with Gasteiger partial charge in [0.25, 0.3) is 0 Å². The number of aromatic carboxylic acids is 1. The number of ether oxygens (including phenoxy) is 1. The lowest BCUT2D eigenvalue weighted by atomic mass is 9.83. The van der Waals surface area contributed by atoms with Crippen molar-refractivity contribution in [3.8, 4) is 11.5 Å². The maximum atomic E-state index is 15.3. The number of aromatic nitrogens is 1. The molecule has 0 saturated heterocycles. The number of carboxylic acids is 1. The van der Waals surface area contributed by atoms with Gasteiger partial charge < -0.3 is 14.4 Å². The SMILES string of the molecule is C=C(CC(c1ccc(Oc2ccc(Cl)c(C(=O)O)c2)c(F)c1)c1ccc(Cl)cc1C)c1ccc(=O)n(C)c1. The second-order valence-corrected chi connectivity index (χ2v) is 9.81. The normalized spacial score (nSPS) is 11.7. The molecule has 194 valence electrons. The van der Waals surface area contributed by atoms with Crippen LogP contribution in [0.4, 0.5) is 4.39 Å². The molecule has 1 aromatic heterocycles. The Morgan fingerprint density at radius 3 is 2.50 bits per heavy atom. The number of carbonyl (C=O) groups is 1. The summed E-state index contributed by atoms with van der Waals surface area (Å²) in [7, 11) is 1.67. The molecule has 1 heterocycles. The first-order valence-corrected chi connectivity index (χ1v) is 12.4. The Balaban J connectivity index is 1.69. The topological polar surface area (TPSA) is 68.5 Å². The van der Waals surface area contributed by atoms with Gasteiger partial charge in [0.1, 0.15) is 5.75 Å². The lowest BCUT2D eigenvalue weighted by molar-refractivity contribution is 0.0696. The van der Waals surface area contributed by atoms with Crippen molar-refractivity contribution in [2.45, 2.75) is 19.3 Å². The molecule has 8 heteroatoms. The van der Waals surface area contributed by atoms with E-state index in [2.05, 4.69) is 6.58 Å². The predicted molar refractivity (Wildman–Crippen MR) is 148 cm³/mol. The third kappa shape index (κ3) is 5.98. The number of carboxylic acid groups (broad SMARTS) is 1. The summed E-state index contributed by atoms with van der Waals surface area (Å²) in [6.07, 6.45) is 2.19. The van der Waals surface area contributed by atoms with Gasteiger partial charge in [0.15, 0.2) is 11.6 Å². The smallest absolute Gasteiger partial charge is 0.337 e. The summed E-state index contributed by atoms with van der Waals surface area (Å²) >= 11 is 12.1. The molecule has 0 aliphatic carbocycles. The molecule has 38 heavy (non-hydrogen) atoms. The van der Waals surface area contributed by atoms with Gasteiger partial charge in [0.05, 0.1) is 10.6 Å². The number of hydrogen-bond acceptors (Lipinski definition) is 3. The number of nitrogens with zero attached hydrogens (tertiary/aromatic N) is 1. The van der Waals surface area contributed by atoms with Crippen molar-refractivity contribution < 1.29 is 19.0 Å². The van der Waals surface area contributed by atoms with Gasteiger partial charge in [0.2, 0.25) is 5.56 Å². The van der Waals surface area contributed by atoms with Gasteiger partial charge in [-0.1, -0.05) is 41.9 Å². The highest BCUT2D eigenvalue weighted by Crippen LogP contribution is 2.38. The quantitative estimate of drug-likeness (QED) is 0.242. The second kappa shape index (κ2) is 11.3. The summed E-state index contributed by atoms with van der Waals surface area (Å²) in [6.45, 7) is 6.18. The van der Waals surface area contributed by atoms with Gasteiger partial charge in [-0.15, -0.1) is 0 Å². The fourth-order valence-corrected chi connectivity index (χ4v) is 4.71. The molecule has 4 aromatic rings. The van der Waals surface area contributed by atoms with Crippen molar-refractivity contribution >= 4 is 34.7 Å². The van der Waals surface area contributed by atoms with Gasteiger partial charge in [0, 0.05) is 30.3 Å². The van der Waals surface area contributed by atoms with E-state index in [-0.39, 0.29) is 33.6 Å². The zero-order valence-corrected chi connectivity index (χ0v) is 22.2. The number of benzene rings is 3. The molecule has 0 bridgehead atoms. The van der Waals surface area contributed by atoms with Gasteiger partial charge in [-0.2, -0.15) is 0 Å². The maximum Gasteiger partial charge on any atom is 0.337 e. The Kier molecular flexibility index (Phi) is 8.05. The summed E-state index contributed by atoms with van der Waals surface area (Å²) in [6, 6.07) is 17.5. The highest BCUT2D eigenvalue weighted by molar-refractivity contribution is 6.33. The molecular weight excluding hydrogens is 528 g/mol. The summed E-state index contributed by atoms with van der Waals surface area (Å²) < 4.78 is 22.5. The number of allylic oxidation sites excluding steroid dienone is 1. The average molecular weight is 552 g/mol. The molecule has 1 atom stereocenters. The minimum atomic E-state index is -1.21. The van der Waals surface area contributed by atoms with Crippen molar-refractivity contribution in [1.82, 2.24) is 4.57 Å². The lowest BCUT2D eigenvalue weighted by Gasteiger charge is -2.22. The van der Waals surface area contributed by atoms with E-state index in [0.29, 0.717) is 17.0 Å². The Morgan fingerprint density at radius 2 is 1.84 bits per heavy atom. The van der Waals surface area contributed by atoms with Crippen LogP contribution in [0.2, 0.25) is 10.0 Å². The first kappa shape index (κ1) is 27.2. The van der Waals surface area contributed by atoms with E-state index in [4.69, 9.17) is 27.9 Å². The van der Waals surface area contributed by atoms with Gasteiger partial charge in [-0.05, 0) is 89.7 Å². The van der Waals surface area contributed by atoms with E-state index in [1.54, 1.807) is 31.4 Å². The summed E-state index contributed by atoms with van der Waals surface area (Å²) in [5, 5.41) is 9.95. The summed E-state index contributed by atoms with van der Waals surface area (Å²) in [5.41, 5.74) is 3.91. The minimum absolute atomic E-state index is 0.0561. The third-order valence-corrected chi connectivity index (χ3v) is 6.87. The zero-order valence-electron chi connectivity index (χ0n) is 20.7. The van der Waals surface area contributed by atoms with E-state index in [0.717, 1.165) is 22.3 Å². The maximum absolute atomic E-state index is 15.3. The molecule has 0 spiro atoms. The van der Waals surface area contributed by atoms with Crippen molar-refractivity contribution in [3.63, 3.8) is 0 Å². The molecular formula is C30H24Cl2FNO4. The van der Waals surface area contributed by atoms with Crippen molar-refractivity contribution in [2.24, 2.45) is 7.05 Å². The van der Waals surface area contributed by atoms with Crippen LogP contribution >= 0.6 is 23.2 Å². The van der Waals surface area contributed by atoms with Gasteiger partial charge in [-0.3, -0.25) is 4.79 Å². The van der Waals surface area contributed by atoms with Crippen LogP contribution in [0, 0.1) is 12.7 Å². The number of halogens is 3. The molecule has 4 rings (SSSR count). The number of aryl methyl sites for hydroxylation is 2. The Hall–Kier alpha value is -3.87. The number of pyridine rings is 1. The molecule has 1 unspecified atom stereocenters. The Bertz CT molecular complexity index is 1610. The molecule has 0 fully saturated rings. The molecule has 0 saturated carbocycles. The van der Waals surface area contributed by atoms with E-state index in [1.165, 1.54) is 41.0 Å². The molecule has 0 aliphatic heterocycles. The van der Waals surface area contributed by atoms with Crippen LogP contribution in [0.1, 0.15) is 45.0 Å². The predicted octanol–water partition coefficient (Wildman–Crippen LogP) is 7.87. The van der Waals surface area contributed by atoms with Crippen molar-refractivity contribution in [2.75, 3.05) is 0 Å². The third-order valence-electron chi connectivity index (χ3n) is 6.31. The van der Waals surface area contributed by atoms with Crippen LogP contribution in [0.15, 0.2) is 84.3 Å². The van der Waals surface area contributed by atoms with Crippen molar-refractivity contribution in [1.29, 1.82) is 0 Å². The van der Waals surface area contributed by atoms with Crippen LogP contribution < -0.4 is 10.3 Å². The second-order valence-electron chi connectivity index (χ2n) is 8.97.